The first-order valence-electron chi connectivity index (χ1n) is 8.03. The Morgan fingerprint density at radius 2 is 1.92 bits per heavy atom. The average Bonchev–Trinajstić information content (AvgIpc) is 3.08. The summed E-state index contributed by atoms with van der Waals surface area (Å²) in [6.07, 6.45) is 2.65. The van der Waals surface area contributed by atoms with Crippen LogP contribution in [-0.2, 0) is 12.8 Å². The van der Waals surface area contributed by atoms with Gasteiger partial charge >= 0.3 is 0 Å². The quantitative estimate of drug-likeness (QED) is 0.788. The smallest absolute Gasteiger partial charge is 0.203 e. The molecule has 4 nitrogen and oxygen atoms in total. The molecule has 0 N–H and O–H groups in total. The summed E-state index contributed by atoms with van der Waals surface area (Å²) in [5, 5.41) is 8.94. The molecule has 2 aromatic rings. The third-order valence-corrected chi connectivity index (χ3v) is 4.35. The fraction of sp³-hybridized carbons (Fsp3) is 0.300. The van der Waals surface area contributed by atoms with E-state index in [4.69, 9.17) is 14.7 Å². The summed E-state index contributed by atoms with van der Waals surface area (Å²) in [4.78, 5) is 12.7. The number of fused-ring (bicyclic) bond motifs is 1. The maximum atomic E-state index is 12.7. The van der Waals surface area contributed by atoms with E-state index in [1.807, 2.05) is 18.2 Å². The normalized spacial score (nSPS) is 13.7. The van der Waals surface area contributed by atoms with E-state index in [1.54, 1.807) is 25.1 Å². The van der Waals surface area contributed by atoms with Crippen LogP contribution in [0.1, 0.15) is 40.4 Å². The van der Waals surface area contributed by atoms with Gasteiger partial charge in [-0.2, -0.15) is 5.26 Å². The lowest BCUT2D eigenvalue weighted by Gasteiger charge is -2.16. The summed E-state index contributed by atoms with van der Waals surface area (Å²) in [7, 11) is 1.51. The van der Waals surface area contributed by atoms with Crippen LogP contribution in [-0.4, -0.2) is 19.0 Å². The second kappa shape index (κ2) is 6.76. The topological polar surface area (TPSA) is 59.3 Å². The number of methoxy groups -OCH3 is 1. The Kier molecular flexibility index (Phi) is 4.52. The number of rotatable bonds is 5. The van der Waals surface area contributed by atoms with Crippen molar-refractivity contribution in [1.29, 1.82) is 5.26 Å². The molecule has 1 aliphatic carbocycles. The van der Waals surface area contributed by atoms with Gasteiger partial charge in [-0.15, -0.1) is 0 Å². The molecule has 1 atom stereocenters. The van der Waals surface area contributed by atoms with Gasteiger partial charge in [-0.1, -0.05) is 12.1 Å². The summed E-state index contributed by atoms with van der Waals surface area (Å²) in [5.41, 5.74) is 3.77. The Balaban J connectivity index is 1.78. The average molecular weight is 321 g/mol. The Bertz CT molecular complexity index is 820. The van der Waals surface area contributed by atoms with Crippen molar-refractivity contribution < 1.29 is 14.3 Å². The Hall–Kier alpha value is -2.80. The van der Waals surface area contributed by atoms with Crippen LogP contribution in [0.2, 0.25) is 0 Å². The summed E-state index contributed by atoms with van der Waals surface area (Å²) in [6, 6.07) is 12.9. The summed E-state index contributed by atoms with van der Waals surface area (Å²) in [5.74, 6) is 0.845. The second-order valence-electron chi connectivity index (χ2n) is 5.94. The van der Waals surface area contributed by atoms with E-state index >= 15 is 0 Å². The number of benzene rings is 2. The number of hydrogen-bond acceptors (Lipinski definition) is 4. The minimum absolute atomic E-state index is 0.0592. The fourth-order valence-electron chi connectivity index (χ4n) is 3.04. The minimum atomic E-state index is -0.633. The van der Waals surface area contributed by atoms with Crippen LogP contribution in [0.4, 0.5) is 0 Å². The molecule has 0 aromatic heterocycles. The molecule has 4 heteroatoms. The molecule has 1 aliphatic rings. The first-order chi connectivity index (χ1) is 11.6. The Morgan fingerprint density at radius 1 is 1.12 bits per heavy atom. The lowest BCUT2D eigenvalue weighted by Crippen LogP contribution is -2.24. The van der Waals surface area contributed by atoms with E-state index in [0.717, 1.165) is 19.3 Å². The zero-order valence-electron chi connectivity index (χ0n) is 13.8. The molecule has 2 aromatic carbocycles. The number of hydrogen-bond donors (Lipinski definition) is 0. The molecule has 122 valence electrons. The molecule has 0 radical (unpaired) electrons. The van der Waals surface area contributed by atoms with E-state index in [1.165, 1.54) is 18.2 Å². The molecule has 0 amide bonds. The van der Waals surface area contributed by atoms with Crippen molar-refractivity contribution >= 4 is 5.78 Å². The first-order valence-corrected chi connectivity index (χ1v) is 8.03. The van der Waals surface area contributed by atoms with Gasteiger partial charge in [0.05, 0.1) is 18.7 Å². The molecule has 0 spiro atoms. The van der Waals surface area contributed by atoms with Crippen molar-refractivity contribution in [3.05, 3.63) is 58.7 Å². The highest BCUT2D eigenvalue weighted by Gasteiger charge is 2.21. The van der Waals surface area contributed by atoms with Gasteiger partial charge < -0.3 is 9.47 Å². The van der Waals surface area contributed by atoms with E-state index in [9.17, 15) is 4.79 Å². The van der Waals surface area contributed by atoms with Crippen LogP contribution >= 0.6 is 0 Å². The number of nitrogens with zero attached hydrogens (tertiary/aromatic N) is 1. The number of Topliss-reactive ketones (excluding diaryl/α,β-unsaturated/α-hetero) is 1. The predicted molar refractivity (Wildman–Crippen MR) is 90.6 cm³/mol. The molecule has 0 unspecified atom stereocenters. The third kappa shape index (κ3) is 3.11. The third-order valence-electron chi connectivity index (χ3n) is 4.35. The standard InChI is InChI=1S/C20H19NO3/c1-13(24-18-9-6-14(12-21)10-19(18)23-2)20(22)17-8-7-15-4-3-5-16(15)11-17/h6-11,13H,3-5H2,1-2H3/t13-/m0/s1. The Labute approximate surface area is 141 Å². The van der Waals surface area contributed by atoms with Crippen LogP contribution in [0.5, 0.6) is 11.5 Å². The highest BCUT2D eigenvalue weighted by Crippen LogP contribution is 2.29. The fourth-order valence-corrected chi connectivity index (χ4v) is 3.04. The number of carbonyl (C=O) groups excluding carboxylic acids is 1. The maximum Gasteiger partial charge on any atom is 0.203 e. The van der Waals surface area contributed by atoms with Gasteiger partial charge in [0.1, 0.15) is 0 Å². The van der Waals surface area contributed by atoms with Crippen molar-refractivity contribution in [2.75, 3.05) is 7.11 Å². The molecule has 0 fully saturated rings. The molecule has 0 heterocycles. The zero-order chi connectivity index (χ0) is 17.1. The highest BCUT2D eigenvalue weighted by atomic mass is 16.5. The van der Waals surface area contributed by atoms with Gasteiger partial charge in [0, 0.05) is 11.6 Å². The van der Waals surface area contributed by atoms with E-state index < -0.39 is 6.10 Å². The van der Waals surface area contributed by atoms with Crippen LogP contribution in [0.25, 0.3) is 0 Å². The van der Waals surface area contributed by atoms with Crippen LogP contribution in [0.15, 0.2) is 36.4 Å². The summed E-state index contributed by atoms with van der Waals surface area (Å²) >= 11 is 0. The monoisotopic (exact) mass is 321 g/mol. The summed E-state index contributed by atoms with van der Waals surface area (Å²) in [6.45, 7) is 1.73. The van der Waals surface area contributed by atoms with Crippen LogP contribution in [0.3, 0.4) is 0 Å². The van der Waals surface area contributed by atoms with Crippen molar-refractivity contribution in [1.82, 2.24) is 0 Å². The lowest BCUT2D eigenvalue weighted by molar-refractivity contribution is 0.0814. The van der Waals surface area contributed by atoms with Gasteiger partial charge in [0.25, 0.3) is 0 Å². The van der Waals surface area contributed by atoms with Gasteiger partial charge in [-0.05, 0) is 55.5 Å². The molecule has 3 rings (SSSR count). The number of carbonyl (C=O) groups is 1. The van der Waals surface area contributed by atoms with Crippen molar-refractivity contribution in [3.8, 4) is 17.6 Å². The van der Waals surface area contributed by atoms with Crippen LogP contribution in [0, 0.1) is 11.3 Å². The van der Waals surface area contributed by atoms with Crippen LogP contribution < -0.4 is 9.47 Å². The van der Waals surface area contributed by atoms with Gasteiger partial charge in [0.2, 0.25) is 5.78 Å². The largest absolute Gasteiger partial charge is 0.493 e. The van der Waals surface area contributed by atoms with Crippen molar-refractivity contribution in [2.24, 2.45) is 0 Å². The second-order valence-corrected chi connectivity index (χ2v) is 5.94. The minimum Gasteiger partial charge on any atom is -0.493 e. The van der Waals surface area contributed by atoms with Gasteiger partial charge in [0.15, 0.2) is 17.6 Å². The summed E-state index contributed by atoms with van der Waals surface area (Å²) < 4.78 is 11.0. The van der Waals surface area contributed by atoms with Gasteiger partial charge in [-0.25, -0.2) is 0 Å². The lowest BCUT2D eigenvalue weighted by atomic mass is 10.0. The molecule has 24 heavy (non-hydrogen) atoms. The van der Waals surface area contributed by atoms with E-state index in [0.29, 0.717) is 22.6 Å². The Morgan fingerprint density at radius 3 is 2.67 bits per heavy atom. The molecule has 0 saturated heterocycles. The number of aryl methyl sites for hydroxylation is 2. The van der Waals surface area contributed by atoms with Gasteiger partial charge in [-0.3, -0.25) is 4.79 Å². The highest BCUT2D eigenvalue weighted by molar-refractivity contribution is 5.99. The number of ketones is 1. The number of ether oxygens (including phenoxy) is 2. The molecule has 0 saturated carbocycles. The first kappa shape index (κ1) is 16.1. The predicted octanol–water partition coefficient (Wildman–Crippen LogP) is 3.71. The van der Waals surface area contributed by atoms with Crippen molar-refractivity contribution in [3.63, 3.8) is 0 Å². The van der Waals surface area contributed by atoms with E-state index in [2.05, 4.69) is 6.07 Å². The SMILES string of the molecule is COc1cc(C#N)ccc1O[C@@H](C)C(=O)c1ccc2c(c1)CCC2. The molecular formula is C20H19NO3. The molecular weight excluding hydrogens is 302 g/mol. The number of nitriles is 1. The zero-order valence-corrected chi connectivity index (χ0v) is 13.8. The van der Waals surface area contributed by atoms with Crippen molar-refractivity contribution in [2.45, 2.75) is 32.3 Å². The molecule has 0 bridgehead atoms. The van der Waals surface area contributed by atoms with E-state index in [-0.39, 0.29) is 5.78 Å². The molecule has 0 aliphatic heterocycles. The maximum absolute atomic E-state index is 12.7.